The van der Waals surface area contributed by atoms with Crippen molar-refractivity contribution in [3.63, 3.8) is 0 Å². The fraction of sp³-hybridized carbons (Fsp3) is 0.160. The first-order valence-corrected chi connectivity index (χ1v) is 11.8. The lowest BCUT2D eigenvalue weighted by Gasteiger charge is -2.29. The van der Waals surface area contributed by atoms with E-state index in [1.807, 2.05) is 42.5 Å². The van der Waals surface area contributed by atoms with Crippen molar-refractivity contribution in [3.8, 4) is 11.5 Å². The van der Waals surface area contributed by atoms with Gasteiger partial charge in [-0.2, -0.15) is 0 Å². The molecule has 1 amide bonds. The predicted molar refractivity (Wildman–Crippen MR) is 134 cm³/mol. The molecule has 1 heterocycles. The molecule has 8 heteroatoms. The van der Waals surface area contributed by atoms with E-state index in [2.05, 4.69) is 46.4 Å². The molecule has 0 fully saturated rings. The lowest BCUT2D eigenvalue weighted by molar-refractivity contribution is -0.113. The van der Waals surface area contributed by atoms with Crippen LogP contribution >= 0.6 is 23.4 Å². The summed E-state index contributed by atoms with van der Waals surface area (Å²) >= 11 is 7.09. The van der Waals surface area contributed by atoms with Crippen molar-refractivity contribution in [2.75, 3.05) is 16.0 Å². The van der Waals surface area contributed by atoms with E-state index in [0.29, 0.717) is 16.1 Å². The molecule has 0 aliphatic heterocycles. The molecule has 0 spiro atoms. The number of carbonyl (C=O) groups is 1. The first-order valence-electron chi connectivity index (χ1n) is 10.5. The maximum Gasteiger partial charge on any atom is 0.277 e. The van der Waals surface area contributed by atoms with E-state index < -0.39 is 0 Å². The second-order valence-corrected chi connectivity index (χ2v) is 8.93. The van der Waals surface area contributed by atoms with E-state index in [0.717, 1.165) is 22.6 Å². The quantitative estimate of drug-likeness (QED) is 0.285. The van der Waals surface area contributed by atoms with Crippen LogP contribution in [0.4, 0.5) is 17.1 Å². The van der Waals surface area contributed by atoms with Crippen LogP contribution in [0.25, 0.3) is 11.5 Å². The maximum atomic E-state index is 12.4. The monoisotopic (exact) mass is 478 g/mol. The molecule has 0 aliphatic rings. The number of thioether (sulfide) groups is 1. The average Bonchev–Trinajstić information content (AvgIpc) is 3.29. The number of aromatic nitrogens is 2. The molecule has 0 aliphatic carbocycles. The first-order chi connectivity index (χ1) is 16.0. The molecule has 33 heavy (non-hydrogen) atoms. The lowest BCUT2D eigenvalue weighted by Crippen LogP contribution is -2.25. The summed E-state index contributed by atoms with van der Waals surface area (Å²) in [5.74, 6) is 0.396. The number of hydrogen-bond acceptors (Lipinski definition) is 6. The number of halogens is 1. The second kappa shape index (κ2) is 10.6. The molecule has 0 saturated carbocycles. The van der Waals surface area contributed by atoms with Crippen LogP contribution < -0.4 is 10.2 Å². The Morgan fingerprint density at radius 1 is 0.970 bits per heavy atom. The normalized spacial score (nSPS) is 10.9. The fourth-order valence-electron chi connectivity index (χ4n) is 3.34. The molecular formula is C25H23ClN4O2S. The van der Waals surface area contributed by atoms with Gasteiger partial charge in [-0.05, 0) is 74.5 Å². The second-order valence-electron chi connectivity index (χ2n) is 7.56. The minimum atomic E-state index is -0.150. The molecule has 6 nitrogen and oxygen atoms in total. The highest BCUT2D eigenvalue weighted by atomic mass is 35.5. The third kappa shape index (κ3) is 5.94. The molecule has 0 atom stereocenters. The molecule has 0 saturated heterocycles. The molecule has 0 unspecified atom stereocenters. The largest absolute Gasteiger partial charge is 0.411 e. The minimum Gasteiger partial charge on any atom is -0.411 e. The molecule has 1 N–H and O–H groups in total. The van der Waals surface area contributed by atoms with Gasteiger partial charge < -0.3 is 14.6 Å². The number of anilines is 3. The first kappa shape index (κ1) is 22.9. The van der Waals surface area contributed by atoms with Crippen LogP contribution in [0.5, 0.6) is 0 Å². The topological polar surface area (TPSA) is 71.3 Å². The SMILES string of the molecule is CC(C)N(c1ccccc1)c1ccc(NC(=O)CSc2nnc(-c3ccc(Cl)cc3)o2)cc1. The molecule has 3 aromatic carbocycles. The van der Waals surface area contributed by atoms with E-state index in [1.165, 1.54) is 11.8 Å². The molecule has 1 aromatic heterocycles. The fourth-order valence-corrected chi connectivity index (χ4v) is 4.03. The van der Waals surface area contributed by atoms with Gasteiger partial charge in [0.05, 0.1) is 5.75 Å². The molecular weight excluding hydrogens is 456 g/mol. The third-order valence-corrected chi connectivity index (χ3v) is 5.87. The van der Waals surface area contributed by atoms with Crippen LogP contribution in [-0.2, 0) is 4.79 Å². The predicted octanol–water partition coefficient (Wildman–Crippen LogP) is 6.67. The zero-order chi connectivity index (χ0) is 23.2. The summed E-state index contributed by atoms with van der Waals surface area (Å²) in [7, 11) is 0. The van der Waals surface area contributed by atoms with Crippen molar-refractivity contribution in [1.29, 1.82) is 0 Å². The van der Waals surface area contributed by atoms with Crippen LogP contribution in [0, 0.1) is 0 Å². The van der Waals surface area contributed by atoms with Gasteiger partial charge in [-0.15, -0.1) is 10.2 Å². The van der Waals surface area contributed by atoms with Crippen molar-refractivity contribution >= 4 is 46.3 Å². The van der Waals surface area contributed by atoms with Gasteiger partial charge in [0, 0.05) is 33.7 Å². The molecule has 0 radical (unpaired) electrons. The smallest absolute Gasteiger partial charge is 0.277 e. The Labute approximate surface area is 202 Å². The highest BCUT2D eigenvalue weighted by Crippen LogP contribution is 2.29. The zero-order valence-corrected chi connectivity index (χ0v) is 19.8. The van der Waals surface area contributed by atoms with Gasteiger partial charge in [0.2, 0.25) is 11.8 Å². The Bertz CT molecular complexity index is 1200. The summed E-state index contributed by atoms with van der Waals surface area (Å²) in [4.78, 5) is 14.6. The van der Waals surface area contributed by atoms with Crippen molar-refractivity contribution in [1.82, 2.24) is 10.2 Å². The van der Waals surface area contributed by atoms with Gasteiger partial charge in [0.15, 0.2) is 0 Å². The Morgan fingerprint density at radius 3 is 2.30 bits per heavy atom. The molecule has 4 rings (SSSR count). The zero-order valence-electron chi connectivity index (χ0n) is 18.2. The highest BCUT2D eigenvalue weighted by molar-refractivity contribution is 7.99. The Morgan fingerprint density at radius 2 is 1.64 bits per heavy atom. The van der Waals surface area contributed by atoms with Crippen molar-refractivity contribution < 1.29 is 9.21 Å². The van der Waals surface area contributed by atoms with Gasteiger partial charge in [-0.3, -0.25) is 4.79 Å². The number of nitrogens with zero attached hydrogens (tertiary/aromatic N) is 3. The van der Waals surface area contributed by atoms with Crippen LogP contribution in [0.15, 0.2) is 88.5 Å². The number of nitrogens with one attached hydrogen (secondary N) is 1. The van der Waals surface area contributed by atoms with Crippen LogP contribution in [0.2, 0.25) is 5.02 Å². The number of rotatable bonds is 8. The van der Waals surface area contributed by atoms with Gasteiger partial charge in [0.1, 0.15) is 0 Å². The van der Waals surface area contributed by atoms with E-state index in [9.17, 15) is 4.79 Å². The standard InChI is InChI=1S/C25H23ClN4O2S/c1-17(2)30(21-6-4-3-5-7-21)22-14-12-20(13-15-22)27-23(31)16-33-25-29-28-24(32-25)18-8-10-19(26)11-9-18/h3-15,17H,16H2,1-2H3,(H,27,31). The van der Waals surface area contributed by atoms with E-state index in [4.69, 9.17) is 16.0 Å². The molecule has 168 valence electrons. The molecule has 4 aromatic rings. The Hall–Kier alpha value is -3.29. The number of amides is 1. The number of para-hydroxylation sites is 1. The summed E-state index contributed by atoms with van der Waals surface area (Å²) in [6, 6.07) is 25.5. The van der Waals surface area contributed by atoms with E-state index in [1.54, 1.807) is 24.3 Å². The average molecular weight is 479 g/mol. The lowest BCUT2D eigenvalue weighted by atomic mass is 10.2. The molecule has 0 bridgehead atoms. The highest BCUT2D eigenvalue weighted by Gasteiger charge is 2.14. The number of benzene rings is 3. The minimum absolute atomic E-state index is 0.150. The summed E-state index contributed by atoms with van der Waals surface area (Å²) in [6.07, 6.45) is 0. The van der Waals surface area contributed by atoms with E-state index in [-0.39, 0.29) is 17.7 Å². The van der Waals surface area contributed by atoms with Crippen molar-refractivity contribution in [3.05, 3.63) is 83.9 Å². The van der Waals surface area contributed by atoms with Crippen LogP contribution in [-0.4, -0.2) is 27.9 Å². The van der Waals surface area contributed by atoms with Gasteiger partial charge in [-0.1, -0.05) is 41.6 Å². The summed E-state index contributed by atoms with van der Waals surface area (Å²) in [5, 5.41) is 11.9. The number of carbonyl (C=O) groups excluding carboxylic acids is 1. The summed E-state index contributed by atoms with van der Waals surface area (Å²) < 4.78 is 5.63. The van der Waals surface area contributed by atoms with Crippen LogP contribution in [0.1, 0.15) is 13.8 Å². The number of hydrogen-bond donors (Lipinski definition) is 1. The van der Waals surface area contributed by atoms with Gasteiger partial charge in [-0.25, -0.2) is 0 Å². The van der Waals surface area contributed by atoms with E-state index >= 15 is 0 Å². The van der Waals surface area contributed by atoms with Crippen molar-refractivity contribution in [2.45, 2.75) is 25.1 Å². The summed E-state index contributed by atoms with van der Waals surface area (Å²) in [5.41, 5.74) is 3.69. The van der Waals surface area contributed by atoms with Crippen LogP contribution in [0.3, 0.4) is 0 Å². The van der Waals surface area contributed by atoms with Gasteiger partial charge in [0.25, 0.3) is 5.22 Å². The Balaban J connectivity index is 1.34. The van der Waals surface area contributed by atoms with Gasteiger partial charge >= 0.3 is 0 Å². The maximum absolute atomic E-state index is 12.4. The van der Waals surface area contributed by atoms with Crippen molar-refractivity contribution in [2.24, 2.45) is 0 Å². The third-order valence-electron chi connectivity index (χ3n) is 4.80. The summed E-state index contributed by atoms with van der Waals surface area (Å²) in [6.45, 7) is 4.30. The Kier molecular flexibility index (Phi) is 7.32.